The highest BCUT2D eigenvalue weighted by Crippen LogP contribution is 2.33. The van der Waals surface area contributed by atoms with Crippen LogP contribution in [0.15, 0.2) is 30.3 Å². The predicted molar refractivity (Wildman–Crippen MR) is 88.2 cm³/mol. The van der Waals surface area contributed by atoms with Crippen LogP contribution in [0, 0.1) is 0 Å². The summed E-state index contributed by atoms with van der Waals surface area (Å²) in [5, 5.41) is 1.24. The van der Waals surface area contributed by atoms with Crippen molar-refractivity contribution in [1.82, 2.24) is 15.0 Å². The summed E-state index contributed by atoms with van der Waals surface area (Å²) in [6.45, 7) is 2.18. The molecule has 110 valence electrons. The fourth-order valence-electron chi connectivity index (χ4n) is 3.50. The molecule has 0 bridgehead atoms. The third-order valence-electron chi connectivity index (χ3n) is 4.85. The van der Waals surface area contributed by atoms with E-state index in [1.165, 1.54) is 35.0 Å². The van der Waals surface area contributed by atoms with Crippen molar-refractivity contribution in [3.8, 4) is 11.4 Å². The van der Waals surface area contributed by atoms with E-state index < -0.39 is 0 Å². The Balaban J connectivity index is 1.70. The SMILES string of the molecule is c1ccc2[nH]c(-c3nc(N4CCC4)nc4c3CCC4)cc2c1. The molecule has 1 aromatic carbocycles. The lowest BCUT2D eigenvalue weighted by molar-refractivity contribution is 0.599. The van der Waals surface area contributed by atoms with E-state index >= 15 is 0 Å². The van der Waals surface area contributed by atoms with Crippen molar-refractivity contribution in [3.63, 3.8) is 0 Å². The van der Waals surface area contributed by atoms with E-state index in [1.54, 1.807) is 0 Å². The maximum atomic E-state index is 4.92. The number of nitrogens with one attached hydrogen (secondary N) is 1. The van der Waals surface area contributed by atoms with Gasteiger partial charge < -0.3 is 9.88 Å². The minimum absolute atomic E-state index is 0.917. The van der Waals surface area contributed by atoms with Crippen molar-refractivity contribution in [2.75, 3.05) is 18.0 Å². The number of hydrogen-bond acceptors (Lipinski definition) is 3. The maximum Gasteiger partial charge on any atom is 0.226 e. The topological polar surface area (TPSA) is 44.8 Å². The fourth-order valence-corrected chi connectivity index (χ4v) is 3.50. The van der Waals surface area contributed by atoms with Crippen molar-refractivity contribution < 1.29 is 0 Å². The van der Waals surface area contributed by atoms with Crippen LogP contribution in [-0.4, -0.2) is 28.0 Å². The average molecular weight is 290 g/mol. The Labute approximate surface area is 129 Å². The van der Waals surface area contributed by atoms with E-state index in [0.717, 1.165) is 43.3 Å². The minimum atomic E-state index is 0.917. The summed E-state index contributed by atoms with van der Waals surface area (Å²) in [5.41, 5.74) is 6.01. The lowest BCUT2D eigenvalue weighted by Gasteiger charge is -2.31. The van der Waals surface area contributed by atoms with Gasteiger partial charge in [0.25, 0.3) is 0 Å². The number of aromatic amines is 1. The Morgan fingerprint density at radius 2 is 1.91 bits per heavy atom. The first-order valence-corrected chi connectivity index (χ1v) is 8.11. The van der Waals surface area contributed by atoms with Gasteiger partial charge >= 0.3 is 0 Å². The molecule has 0 radical (unpaired) electrons. The van der Waals surface area contributed by atoms with Crippen LogP contribution in [0.4, 0.5) is 5.95 Å². The summed E-state index contributed by atoms with van der Waals surface area (Å²) in [4.78, 5) is 15.5. The van der Waals surface area contributed by atoms with E-state index in [2.05, 4.69) is 40.2 Å². The number of anilines is 1. The van der Waals surface area contributed by atoms with E-state index in [1.807, 2.05) is 0 Å². The Kier molecular flexibility index (Phi) is 2.53. The number of fused-ring (bicyclic) bond motifs is 2. The number of nitrogens with zero attached hydrogens (tertiary/aromatic N) is 3. The third-order valence-corrected chi connectivity index (χ3v) is 4.85. The van der Waals surface area contributed by atoms with Gasteiger partial charge in [-0.1, -0.05) is 18.2 Å². The summed E-state index contributed by atoms with van der Waals surface area (Å²) in [6, 6.07) is 10.6. The Morgan fingerprint density at radius 1 is 1.00 bits per heavy atom. The zero-order valence-corrected chi connectivity index (χ0v) is 12.5. The molecule has 1 aliphatic heterocycles. The molecule has 0 spiro atoms. The van der Waals surface area contributed by atoms with Crippen LogP contribution in [0.5, 0.6) is 0 Å². The molecular weight excluding hydrogens is 272 g/mol. The first-order valence-electron chi connectivity index (χ1n) is 8.11. The van der Waals surface area contributed by atoms with Gasteiger partial charge in [0.15, 0.2) is 0 Å². The van der Waals surface area contributed by atoms with E-state index in [-0.39, 0.29) is 0 Å². The number of hydrogen-bond donors (Lipinski definition) is 1. The van der Waals surface area contributed by atoms with Crippen LogP contribution in [0.2, 0.25) is 0 Å². The van der Waals surface area contributed by atoms with Crippen LogP contribution < -0.4 is 4.90 Å². The van der Waals surface area contributed by atoms with Crippen LogP contribution >= 0.6 is 0 Å². The van der Waals surface area contributed by atoms with Gasteiger partial charge in [-0.25, -0.2) is 9.97 Å². The molecule has 0 unspecified atom stereocenters. The summed E-state index contributed by atoms with van der Waals surface area (Å²) in [6.07, 6.45) is 4.63. The zero-order chi connectivity index (χ0) is 14.5. The molecular formula is C18H18N4. The Morgan fingerprint density at radius 3 is 2.73 bits per heavy atom. The van der Waals surface area contributed by atoms with Gasteiger partial charge in [-0.05, 0) is 37.8 Å². The maximum absolute atomic E-state index is 4.92. The molecule has 1 aliphatic carbocycles. The predicted octanol–water partition coefficient (Wildman–Crippen LogP) is 3.32. The molecule has 3 aromatic rings. The standard InChI is InChI=1S/C18H18N4/c1-2-7-14-12(5-1)11-16(19-14)17-13-6-3-8-15(13)20-18(21-17)22-9-4-10-22/h1-2,5,7,11,19H,3-4,6,8-10H2. The first kappa shape index (κ1) is 12.2. The van der Waals surface area contributed by atoms with Crippen LogP contribution in [0.1, 0.15) is 24.1 Å². The number of aryl methyl sites for hydroxylation is 1. The van der Waals surface area contributed by atoms with Crippen LogP contribution in [-0.2, 0) is 12.8 Å². The normalized spacial score (nSPS) is 16.8. The first-order chi connectivity index (χ1) is 10.9. The van der Waals surface area contributed by atoms with Crippen molar-refractivity contribution >= 4 is 16.9 Å². The van der Waals surface area contributed by atoms with Gasteiger partial charge in [-0.3, -0.25) is 0 Å². The second-order valence-corrected chi connectivity index (χ2v) is 6.26. The highest BCUT2D eigenvalue weighted by atomic mass is 15.3. The smallest absolute Gasteiger partial charge is 0.226 e. The summed E-state index contributed by atoms with van der Waals surface area (Å²) in [7, 11) is 0. The van der Waals surface area contributed by atoms with Gasteiger partial charge in [0.2, 0.25) is 5.95 Å². The zero-order valence-electron chi connectivity index (χ0n) is 12.5. The second-order valence-electron chi connectivity index (χ2n) is 6.26. The molecule has 22 heavy (non-hydrogen) atoms. The Hall–Kier alpha value is -2.36. The van der Waals surface area contributed by atoms with Gasteiger partial charge in [0.05, 0.1) is 11.4 Å². The molecule has 5 rings (SSSR count). The van der Waals surface area contributed by atoms with Gasteiger partial charge in [0, 0.05) is 35.2 Å². The summed E-state index contributed by atoms with van der Waals surface area (Å²) < 4.78 is 0. The third kappa shape index (κ3) is 1.76. The number of H-pyrrole nitrogens is 1. The number of aromatic nitrogens is 3. The summed E-state index contributed by atoms with van der Waals surface area (Å²) >= 11 is 0. The van der Waals surface area contributed by atoms with E-state index in [9.17, 15) is 0 Å². The molecule has 1 saturated heterocycles. The molecule has 0 atom stereocenters. The van der Waals surface area contributed by atoms with Crippen molar-refractivity contribution in [2.24, 2.45) is 0 Å². The molecule has 4 nitrogen and oxygen atoms in total. The number of benzene rings is 1. The van der Waals surface area contributed by atoms with Crippen molar-refractivity contribution in [1.29, 1.82) is 0 Å². The lowest BCUT2D eigenvalue weighted by Crippen LogP contribution is -2.38. The molecule has 1 N–H and O–H groups in total. The number of para-hydroxylation sites is 1. The molecule has 0 saturated carbocycles. The van der Waals surface area contributed by atoms with Gasteiger partial charge in [0.1, 0.15) is 0 Å². The fraction of sp³-hybridized carbons (Fsp3) is 0.333. The number of rotatable bonds is 2. The molecule has 0 amide bonds. The lowest BCUT2D eigenvalue weighted by atomic mass is 10.1. The monoisotopic (exact) mass is 290 g/mol. The molecule has 4 heteroatoms. The van der Waals surface area contributed by atoms with Crippen molar-refractivity contribution in [2.45, 2.75) is 25.7 Å². The van der Waals surface area contributed by atoms with E-state index in [0.29, 0.717) is 0 Å². The highest BCUT2D eigenvalue weighted by molar-refractivity contribution is 5.86. The molecule has 3 heterocycles. The average Bonchev–Trinajstić information content (AvgIpc) is 3.10. The second kappa shape index (κ2) is 4.57. The largest absolute Gasteiger partial charge is 0.353 e. The van der Waals surface area contributed by atoms with Gasteiger partial charge in [-0.15, -0.1) is 0 Å². The van der Waals surface area contributed by atoms with Gasteiger partial charge in [-0.2, -0.15) is 0 Å². The van der Waals surface area contributed by atoms with Crippen LogP contribution in [0.3, 0.4) is 0 Å². The van der Waals surface area contributed by atoms with Crippen LogP contribution in [0.25, 0.3) is 22.3 Å². The Bertz CT molecular complexity index is 828. The molecule has 1 fully saturated rings. The quantitative estimate of drug-likeness (QED) is 0.787. The van der Waals surface area contributed by atoms with Crippen molar-refractivity contribution in [3.05, 3.63) is 41.6 Å². The molecule has 2 aliphatic rings. The minimum Gasteiger partial charge on any atom is -0.353 e. The summed E-state index contributed by atoms with van der Waals surface area (Å²) in [5.74, 6) is 0.917. The highest BCUT2D eigenvalue weighted by Gasteiger charge is 2.25. The van der Waals surface area contributed by atoms with E-state index in [4.69, 9.17) is 9.97 Å². The molecule has 2 aromatic heterocycles.